The fourth-order valence-electron chi connectivity index (χ4n) is 2.87. The van der Waals surface area contributed by atoms with Crippen molar-refractivity contribution in [3.05, 3.63) is 29.8 Å². The molecular formula is C17H28ClN3O3S. The molecule has 3 N–H and O–H groups in total. The van der Waals surface area contributed by atoms with Crippen LogP contribution in [0.15, 0.2) is 29.2 Å². The van der Waals surface area contributed by atoms with Gasteiger partial charge >= 0.3 is 0 Å². The quantitative estimate of drug-likeness (QED) is 0.771. The van der Waals surface area contributed by atoms with Crippen LogP contribution in [0, 0.1) is 18.8 Å². The predicted molar refractivity (Wildman–Crippen MR) is 101 cm³/mol. The second-order valence-electron chi connectivity index (χ2n) is 6.59. The lowest BCUT2D eigenvalue weighted by molar-refractivity contribution is -0.136. The van der Waals surface area contributed by atoms with Crippen LogP contribution in [-0.2, 0) is 14.8 Å². The van der Waals surface area contributed by atoms with E-state index in [1.807, 2.05) is 18.7 Å². The maximum atomic E-state index is 12.3. The standard InChI is InChI=1S/C17H27N3O3S.ClH/c1-13-5-7-16(8-6-13)24(22,23)19-11-15-4-3-9-20(12-15)17(21)14(2)10-18;/h5-8,14-15,19H,3-4,9-12,18H2,1-2H3;1H. The number of carbonyl (C=O) groups excluding carboxylic acids is 1. The molecule has 1 aromatic carbocycles. The van der Waals surface area contributed by atoms with Crippen molar-refractivity contribution >= 4 is 28.3 Å². The second kappa shape index (κ2) is 9.52. The van der Waals surface area contributed by atoms with Gasteiger partial charge in [-0.3, -0.25) is 4.79 Å². The fourth-order valence-corrected chi connectivity index (χ4v) is 3.99. The number of amides is 1. The summed E-state index contributed by atoms with van der Waals surface area (Å²) in [6.45, 7) is 5.73. The van der Waals surface area contributed by atoms with Crippen molar-refractivity contribution in [3.63, 3.8) is 0 Å². The Bertz CT molecular complexity index is 664. The zero-order valence-electron chi connectivity index (χ0n) is 14.8. The normalized spacial score (nSPS) is 19.2. The molecule has 0 bridgehead atoms. The minimum absolute atomic E-state index is 0. The molecule has 1 aliphatic heterocycles. The van der Waals surface area contributed by atoms with Gasteiger partial charge in [0.1, 0.15) is 0 Å². The molecule has 25 heavy (non-hydrogen) atoms. The highest BCUT2D eigenvalue weighted by atomic mass is 35.5. The first kappa shape index (κ1) is 21.9. The Balaban J connectivity index is 0.00000312. The van der Waals surface area contributed by atoms with Crippen LogP contribution in [0.5, 0.6) is 0 Å². The Labute approximate surface area is 156 Å². The first-order chi connectivity index (χ1) is 11.3. The first-order valence-corrected chi connectivity index (χ1v) is 9.87. The number of nitrogens with zero attached hydrogens (tertiary/aromatic N) is 1. The molecule has 8 heteroatoms. The van der Waals surface area contributed by atoms with E-state index in [9.17, 15) is 13.2 Å². The van der Waals surface area contributed by atoms with Crippen molar-refractivity contribution in [2.75, 3.05) is 26.2 Å². The highest BCUT2D eigenvalue weighted by Crippen LogP contribution is 2.19. The van der Waals surface area contributed by atoms with Gasteiger partial charge in [0.15, 0.2) is 0 Å². The minimum Gasteiger partial charge on any atom is -0.342 e. The Hall–Kier alpha value is -1.15. The molecule has 2 unspecified atom stereocenters. The molecule has 1 saturated heterocycles. The van der Waals surface area contributed by atoms with Crippen molar-refractivity contribution in [1.82, 2.24) is 9.62 Å². The van der Waals surface area contributed by atoms with E-state index in [0.29, 0.717) is 19.6 Å². The van der Waals surface area contributed by atoms with Gasteiger partial charge in [-0.1, -0.05) is 24.6 Å². The summed E-state index contributed by atoms with van der Waals surface area (Å²) >= 11 is 0. The van der Waals surface area contributed by atoms with Gasteiger partial charge in [0, 0.05) is 32.1 Å². The van der Waals surface area contributed by atoms with E-state index in [0.717, 1.165) is 24.9 Å². The smallest absolute Gasteiger partial charge is 0.240 e. The molecule has 1 heterocycles. The lowest BCUT2D eigenvalue weighted by Crippen LogP contribution is -2.46. The fraction of sp³-hybridized carbons (Fsp3) is 0.588. The average Bonchev–Trinajstić information content (AvgIpc) is 2.59. The number of aryl methyl sites for hydroxylation is 1. The second-order valence-corrected chi connectivity index (χ2v) is 8.36. The number of nitrogens with one attached hydrogen (secondary N) is 1. The van der Waals surface area contributed by atoms with Crippen LogP contribution in [0.2, 0.25) is 0 Å². The molecule has 1 aromatic rings. The number of hydrogen-bond donors (Lipinski definition) is 2. The molecule has 0 radical (unpaired) electrons. The molecule has 0 aromatic heterocycles. The third kappa shape index (κ3) is 5.95. The van der Waals surface area contributed by atoms with Crippen LogP contribution in [-0.4, -0.2) is 45.4 Å². The Kier molecular flexibility index (Phi) is 8.34. The van der Waals surface area contributed by atoms with Crippen LogP contribution in [0.1, 0.15) is 25.3 Å². The minimum atomic E-state index is -3.51. The van der Waals surface area contributed by atoms with Crippen molar-refractivity contribution < 1.29 is 13.2 Å². The Morgan fingerprint density at radius 3 is 2.60 bits per heavy atom. The molecule has 1 aliphatic rings. The van der Waals surface area contributed by atoms with Gasteiger partial charge in [0.05, 0.1) is 4.90 Å². The topological polar surface area (TPSA) is 92.5 Å². The van der Waals surface area contributed by atoms with Gasteiger partial charge in [-0.2, -0.15) is 0 Å². The van der Waals surface area contributed by atoms with Gasteiger partial charge in [-0.05, 0) is 37.8 Å². The van der Waals surface area contributed by atoms with Crippen molar-refractivity contribution in [1.29, 1.82) is 0 Å². The summed E-state index contributed by atoms with van der Waals surface area (Å²) in [6.07, 6.45) is 1.80. The lowest BCUT2D eigenvalue weighted by atomic mass is 9.97. The van der Waals surface area contributed by atoms with Gasteiger partial charge in [0.2, 0.25) is 15.9 Å². The van der Waals surface area contributed by atoms with E-state index in [1.54, 1.807) is 24.3 Å². The van der Waals surface area contributed by atoms with E-state index in [1.165, 1.54) is 0 Å². The number of nitrogens with two attached hydrogens (primary N) is 1. The molecule has 6 nitrogen and oxygen atoms in total. The summed E-state index contributed by atoms with van der Waals surface area (Å²) < 4.78 is 27.4. The van der Waals surface area contributed by atoms with Crippen molar-refractivity contribution in [2.45, 2.75) is 31.6 Å². The number of benzene rings is 1. The molecule has 0 saturated carbocycles. The lowest BCUT2D eigenvalue weighted by Gasteiger charge is -2.34. The number of halogens is 1. The van der Waals surface area contributed by atoms with E-state index < -0.39 is 10.0 Å². The van der Waals surface area contributed by atoms with Crippen molar-refractivity contribution in [2.24, 2.45) is 17.6 Å². The molecule has 0 spiro atoms. The largest absolute Gasteiger partial charge is 0.342 e. The number of piperidine rings is 1. The summed E-state index contributed by atoms with van der Waals surface area (Å²) in [6, 6.07) is 6.78. The summed E-state index contributed by atoms with van der Waals surface area (Å²) in [7, 11) is -3.51. The highest BCUT2D eigenvalue weighted by Gasteiger charge is 2.27. The van der Waals surface area contributed by atoms with Gasteiger partial charge in [0.25, 0.3) is 0 Å². The van der Waals surface area contributed by atoms with E-state index in [4.69, 9.17) is 5.73 Å². The Morgan fingerprint density at radius 1 is 1.36 bits per heavy atom. The molecule has 1 fully saturated rings. The van der Waals surface area contributed by atoms with E-state index in [2.05, 4.69) is 4.72 Å². The average molecular weight is 390 g/mol. The van der Waals surface area contributed by atoms with Gasteiger partial charge in [-0.15, -0.1) is 12.4 Å². The van der Waals surface area contributed by atoms with Crippen LogP contribution in [0.4, 0.5) is 0 Å². The van der Waals surface area contributed by atoms with Gasteiger partial charge in [-0.25, -0.2) is 13.1 Å². The maximum Gasteiger partial charge on any atom is 0.240 e. The monoisotopic (exact) mass is 389 g/mol. The number of hydrogen-bond acceptors (Lipinski definition) is 4. The summed E-state index contributed by atoms with van der Waals surface area (Å²) in [4.78, 5) is 14.3. The third-order valence-corrected chi connectivity index (χ3v) is 5.94. The number of sulfonamides is 1. The SMILES string of the molecule is Cc1ccc(S(=O)(=O)NCC2CCCN(C(=O)C(C)CN)C2)cc1.Cl. The van der Waals surface area contributed by atoms with Crippen molar-refractivity contribution in [3.8, 4) is 0 Å². The van der Waals surface area contributed by atoms with Crippen LogP contribution in [0.3, 0.4) is 0 Å². The zero-order valence-corrected chi connectivity index (χ0v) is 16.4. The summed E-state index contributed by atoms with van der Waals surface area (Å²) in [5.41, 5.74) is 6.58. The summed E-state index contributed by atoms with van der Waals surface area (Å²) in [5.74, 6) is 0.00416. The third-order valence-electron chi connectivity index (χ3n) is 4.50. The molecule has 1 amide bonds. The van der Waals surface area contributed by atoms with Crippen LogP contribution in [0.25, 0.3) is 0 Å². The molecule has 0 aliphatic carbocycles. The number of likely N-dealkylation sites (tertiary alicyclic amines) is 1. The highest BCUT2D eigenvalue weighted by molar-refractivity contribution is 7.89. The van der Waals surface area contributed by atoms with E-state index >= 15 is 0 Å². The Morgan fingerprint density at radius 2 is 2.00 bits per heavy atom. The van der Waals surface area contributed by atoms with E-state index in [-0.39, 0.29) is 35.0 Å². The zero-order chi connectivity index (χ0) is 17.7. The summed E-state index contributed by atoms with van der Waals surface area (Å²) in [5, 5.41) is 0. The predicted octanol–water partition coefficient (Wildman–Crippen LogP) is 1.53. The molecule has 2 rings (SSSR count). The van der Waals surface area contributed by atoms with Crippen LogP contribution >= 0.6 is 12.4 Å². The number of rotatable bonds is 6. The first-order valence-electron chi connectivity index (χ1n) is 8.38. The molecule has 2 atom stereocenters. The van der Waals surface area contributed by atoms with Crippen LogP contribution < -0.4 is 10.5 Å². The maximum absolute atomic E-state index is 12.3. The molecular weight excluding hydrogens is 362 g/mol. The number of carbonyl (C=O) groups is 1. The molecule has 142 valence electrons. The van der Waals surface area contributed by atoms with Gasteiger partial charge < -0.3 is 10.6 Å².